The van der Waals surface area contributed by atoms with Crippen LogP contribution in [0.5, 0.6) is 0 Å². The van der Waals surface area contributed by atoms with Gasteiger partial charge in [-0.3, -0.25) is 9.59 Å². The fraction of sp³-hybridized carbons (Fsp3) is 0.385. The molecular formula is C13H17NO3S2. The second-order valence-corrected chi connectivity index (χ2v) is 5.38. The van der Waals surface area contributed by atoms with Gasteiger partial charge in [0.05, 0.1) is 23.8 Å². The number of thioether (sulfide) groups is 2. The van der Waals surface area contributed by atoms with Crippen molar-refractivity contribution in [2.24, 2.45) is 0 Å². The average molecular weight is 299 g/mol. The molecule has 0 aliphatic rings. The van der Waals surface area contributed by atoms with Gasteiger partial charge in [-0.1, -0.05) is 12.1 Å². The first-order chi connectivity index (χ1) is 9.17. The molecule has 104 valence electrons. The molecule has 1 amide bonds. The Bertz CT molecular complexity index is 438. The zero-order valence-corrected chi connectivity index (χ0v) is 12.6. The van der Waals surface area contributed by atoms with E-state index >= 15 is 0 Å². The van der Waals surface area contributed by atoms with Crippen molar-refractivity contribution in [1.82, 2.24) is 0 Å². The second-order valence-electron chi connectivity index (χ2n) is 3.55. The Kier molecular flexibility index (Phi) is 7.43. The first-order valence-electron chi connectivity index (χ1n) is 5.83. The monoisotopic (exact) mass is 299 g/mol. The van der Waals surface area contributed by atoms with Crippen molar-refractivity contribution in [3.63, 3.8) is 0 Å². The van der Waals surface area contributed by atoms with E-state index in [0.717, 1.165) is 10.6 Å². The minimum absolute atomic E-state index is 0.115. The van der Waals surface area contributed by atoms with E-state index in [1.54, 1.807) is 18.7 Å². The van der Waals surface area contributed by atoms with Crippen LogP contribution in [0.25, 0.3) is 0 Å². The molecule has 0 atom stereocenters. The van der Waals surface area contributed by atoms with Gasteiger partial charge < -0.3 is 10.1 Å². The number of hydrogen-bond donors (Lipinski definition) is 1. The molecule has 0 unspecified atom stereocenters. The molecule has 0 fully saturated rings. The summed E-state index contributed by atoms with van der Waals surface area (Å²) in [5.41, 5.74) is 0.803. The molecule has 0 saturated carbocycles. The molecule has 1 aromatic rings. The van der Waals surface area contributed by atoms with E-state index in [4.69, 9.17) is 4.74 Å². The molecule has 1 rings (SSSR count). The lowest BCUT2D eigenvalue weighted by molar-refractivity contribution is -0.139. The van der Waals surface area contributed by atoms with Crippen LogP contribution < -0.4 is 5.32 Å². The quantitative estimate of drug-likeness (QED) is 0.619. The van der Waals surface area contributed by atoms with E-state index in [1.165, 1.54) is 11.8 Å². The summed E-state index contributed by atoms with van der Waals surface area (Å²) in [5, 5.41) is 2.83. The number of carbonyl (C=O) groups excluding carboxylic acids is 2. The first-order valence-corrected chi connectivity index (χ1v) is 8.21. The van der Waals surface area contributed by atoms with Crippen LogP contribution in [-0.2, 0) is 14.3 Å². The smallest absolute Gasteiger partial charge is 0.315 e. The van der Waals surface area contributed by atoms with Gasteiger partial charge in [-0.25, -0.2) is 0 Å². The van der Waals surface area contributed by atoms with Crippen LogP contribution in [0.2, 0.25) is 0 Å². The van der Waals surface area contributed by atoms with Gasteiger partial charge in [-0.2, -0.15) is 0 Å². The van der Waals surface area contributed by atoms with E-state index in [9.17, 15) is 9.59 Å². The van der Waals surface area contributed by atoms with E-state index in [2.05, 4.69) is 5.32 Å². The second kappa shape index (κ2) is 8.87. The molecule has 0 aliphatic heterocycles. The van der Waals surface area contributed by atoms with Gasteiger partial charge in [-0.05, 0) is 25.3 Å². The Balaban J connectivity index is 2.37. The van der Waals surface area contributed by atoms with Crippen LogP contribution in [0.15, 0.2) is 29.2 Å². The van der Waals surface area contributed by atoms with Gasteiger partial charge in [0.25, 0.3) is 0 Å². The number of hydrogen-bond acceptors (Lipinski definition) is 5. The normalized spacial score (nSPS) is 10.0. The van der Waals surface area contributed by atoms with Crippen molar-refractivity contribution in [3.05, 3.63) is 24.3 Å². The van der Waals surface area contributed by atoms with Crippen LogP contribution in [-0.4, -0.2) is 36.2 Å². The third-order valence-electron chi connectivity index (χ3n) is 2.14. The van der Waals surface area contributed by atoms with E-state index < -0.39 is 0 Å². The number of anilines is 1. The maximum absolute atomic E-state index is 11.7. The van der Waals surface area contributed by atoms with Crippen molar-refractivity contribution < 1.29 is 14.3 Å². The summed E-state index contributed by atoms with van der Waals surface area (Å²) in [5.74, 6) is 0.0353. The Morgan fingerprint density at radius 3 is 2.68 bits per heavy atom. The SMILES string of the molecule is CCOC(=O)CSCC(=O)Nc1ccccc1SC. The minimum Gasteiger partial charge on any atom is -0.465 e. The zero-order chi connectivity index (χ0) is 14.1. The molecule has 0 saturated heterocycles. The number of esters is 1. The Labute approximate surface area is 121 Å². The average Bonchev–Trinajstić information content (AvgIpc) is 2.39. The molecule has 0 heterocycles. The van der Waals surface area contributed by atoms with Crippen molar-refractivity contribution in [2.75, 3.05) is 29.7 Å². The van der Waals surface area contributed by atoms with Gasteiger partial charge in [0.1, 0.15) is 0 Å². The zero-order valence-electron chi connectivity index (χ0n) is 11.0. The molecular weight excluding hydrogens is 282 g/mol. The largest absolute Gasteiger partial charge is 0.465 e. The minimum atomic E-state index is -0.287. The summed E-state index contributed by atoms with van der Waals surface area (Å²) in [6.07, 6.45) is 1.96. The van der Waals surface area contributed by atoms with Crippen LogP contribution in [0.1, 0.15) is 6.92 Å². The predicted molar refractivity (Wildman–Crippen MR) is 80.8 cm³/mol. The van der Waals surface area contributed by atoms with E-state index in [1.807, 2.05) is 30.5 Å². The summed E-state index contributed by atoms with van der Waals surface area (Å²) in [4.78, 5) is 23.9. The van der Waals surface area contributed by atoms with Gasteiger partial charge in [0, 0.05) is 4.90 Å². The number of para-hydroxylation sites is 1. The molecule has 1 aromatic carbocycles. The number of nitrogens with one attached hydrogen (secondary N) is 1. The van der Waals surface area contributed by atoms with Crippen molar-refractivity contribution in [1.29, 1.82) is 0 Å². The lowest BCUT2D eigenvalue weighted by Crippen LogP contribution is -2.16. The summed E-state index contributed by atoms with van der Waals surface area (Å²) in [6, 6.07) is 7.61. The van der Waals surface area contributed by atoms with Crippen LogP contribution in [0.4, 0.5) is 5.69 Å². The van der Waals surface area contributed by atoms with Gasteiger partial charge in [-0.15, -0.1) is 23.5 Å². The first kappa shape index (κ1) is 15.9. The Hall–Kier alpha value is -1.14. The number of benzene rings is 1. The van der Waals surface area contributed by atoms with E-state index in [0.29, 0.717) is 6.61 Å². The van der Waals surface area contributed by atoms with Crippen molar-refractivity contribution >= 4 is 41.1 Å². The van der Waals surface area contributed by atoms with Gasteiger partial charge in [0.2, 0.25) is 5.91 Å². The third kappa shape index (κ3) is 6.02. The van der Waals surface area contributed by atoms with Crippen LogP contribution >= 0.6 is 23.5 Å². The molecule has 0 bridgehead atoms. The number of rotatable bonds is 7. The summed E-state index contributed by atoms with van der Waals surface area (Å²) in [7, 11) is 0. The summed E-state index contributed by atoms with van der Waals surface area (Å²) >= 11 is 2.83. The number of amides is 1. The molecule has 0 aromatic heterocycles. The fourth-order valence-corrected chi connectivity index (χ4v) is 2.53. The topological polar surface area (TPSA) is 55.4 Å². The van der Waals surface area contributed by atoms with Crippen LogP contribution in [0, 0.1) is 0 Å². The molecule has 0 spiro atoms. The molecule has 6 heteroatoms. The van der Waals surface area contributed by atoms with E-state index in [-0.39, 0.29) is 23.4 Å². The molecule has 0 radical (unpaired) electrons. The summed E-state index contributed by atoms with van der Waals surface area (Å²) < 4.78 is 4.78. The number of carbonyl (C=O) groups is 2. The maximum atomic E-state index is 11.7. The third-order valence-corrected chi connectivity index (χ3v) is 3.84. The molecule has 4 nitrogen and oxygen atoms in total. The molecule has 19 heavy (non-hydrogen) atoms. The van der Waals surface area contributed by atoms with Crippen molar-refractivity contribution in [2.45, 2.75) is 11.8 Å². The van der Waals surface area contributed by atoms with Crippen molar-refractivity contribution in [3.8, 4) is 0 Å². The lowest BCUT2D eigenvalue weighted by Gasteiger charge is -2.08. The van der Waals surface area contributed by atoms with Gasteiger partial charge >= 0.3 is 5.97 Å². The number of ether oxygens (including phenoxy) is 1. The predicted octanol–water partition coefficient (Wildman–Crippen LogP) is 2.64. The highest BCUT2D eigenvalue weighted by atomic mass is 32.2. The maximum Gasteiger partial charge on any atom is 0.315 e. The highest BCUT2D eigenvalue weighted by Crippen LogP contribution is 2.24. The fourth-order valence-electron chi connectivity index (χ4n) is 1.36. The highest BCUT2D eigenvalue weighted by molar-refractivity contribution is 8.00. The Morgan fingerprint density at radius 2 is 2.00 bits per heavy atom. The summed E-state index contributed by atoms with van der Waals surface area (Å²) in [6.45, 7) is 2.13. The molecule has 0 aliphatic carbocycles. The van der Waals surface area contributed by atoms with Gasteiger partial charge in [0.15, 0.2) is 0 Å². The Morgan fingerprint density at radius 1 is 1.26 bits per heavy atom. The lowest BCUT2D eigenvalue weighted by atomic mass is 10.3. The highest BCUT2D eigenvalue weighted by Gasteiger charge is 2.08. The van der Waals surface area contributed by atoms with Crippen LogP contribution in [0.3, 0.4) is 0 Å². The molecule has 1 N–H and O–H groups in total. The standard InChI is InChI=1S/C13H17NO3S2/c1-3-17-13(16)9-19-8-12(15)14-10-6-4-5-7-11(10)18-2/h4-7H,3,8-9H2,1-2H3,(H,14,15).